The third kappa shape index (κ3) is 2.95. The van der Waals surface area contributed by atoms with E-state index in [1.54, 1.807) is 0 Å². The molecule has 0 aliphatic heterocycles. The molecule has 4 heteroatoms. The minimum atomic E-state index is -0.549. The highest BCUT2D eigenvalue weighted by Gasteiger charge is 2.05. The molecule has 2 N–H and O–H groups in total. The maximum absolute atomic E-state index is 13.2. The number of halogens is 2. The van der Waals surface area contributed by atoms with Crippen molar-refractivity contribution in [1.29, 1.82) is 0 Å². The minimum Gasteiger partial charge on any atom is -0.343 e. The van der Waals surface area contributed by atoms with Crippen LogP contribution in [-0.4, -0.2) is 11.1 Å². The highest BCUT2D eigenvalue weighted by Crippen LogP contribution is 2.20. The number of fused-ring (bicyclic) bond motifs is 1. The van der Waals surface area contributed by atoms with Crippen LogP contribution in [0, 0.1) is 11.6 Å². The first-order valence-corrected chi connectivity index (χ1v) is 6.88. The number of aromatic nitrogens is 1. The molecule has 0 amide bonds. The Morgan fingerprint density at radius 3 is 2.38 bits per heavy atom. The molecule has 108 valence electrons. The predicted molar refractivity (Wildman–Crippen MR) is 80.2 cm³/mol. The summed E-state index contributed by atoms with van der Waals surface area (Å²) in [5.41, 5.74) is 8.41. The van der Waals surface area contributed by atoms with Crippen LogP contribution < -0.4 is 5.73 Å². The summed E-state index contributed by atoms with van der Waals surface area (Å²) in [5.74, 6) is -1.10. The van der Waals surface area contributed by atoms with Crippen molar-refractivity contribution in [3.63, 3.8) is 0 Å². The molecule has 0 spiro atoms. The number of rotatable bonds is 4. The predicted octanol–water partition coefficient (Wildman–Crippen LogP) is 3.47. The van der Waals surface area contributed by atoms with Crippen LogP contribution in [-0.2, 0) is 13.0 Å². The molecule has 3 rings (SSSR count). The summed E-state index contributed by atoms with van der Waals surface area (Å²) in [6.07, 6.45) is 2.77. The van der Waals surface area contributed by atoms with E-state index < -0.39 is 11.6 Å². The van der Waals surface area contributed by atoms with E-state index in [1.807, 2.05) is 29.0 Å². The van der Waals surface area contributed by atoms with E-state index >= 15 is 0 Å². The Hall–Kier alpha value is -2.20. The highest BCUT2D eigenvalue weighted by molar-refractivity contribution is 5.81. The molecule has 1 aromatic heterocycles. The molecule has 3 aromatic rings. The summed E-state index contributed by atoms with van der Waals surface area (Å²) < 4.78 is 28.5. The van der Waals surface area contributed by atoms with Gasteiger partial charge in [-0.05, 0) is 59.8 Å². The Labute approximate surface area is 121 Å². The summed E-state index contributed by atoms with van der Waals surface area (Å²) in [6.45, 7) is 1.06. The third-order valence-electron chi connectivity index (χ3n) is 3.54. The maximum Gasteiger partial charge on any atom is 0.126 e. The van der Waals surface area contributed by atoms with E-state index in [2.05, 4.69) is 6.07 Å². The van der Waals surface area contributed by atoms with Gasteiger partial charge in [0.1, 0.15) is 11.6 Å². The van der Waals surface area contributed by atoms with Gasteiger partial charge in [0.25, 0.3) is 0 Å². The van der Waals surface area contributed by atoms with Gasteiger partial charge >= 0.3 is 0 Å². The SMILES string of the molecule is NCCc1ccc2c(ccn2Cc2cc(F)cc(F)c2)c1. The molecule has 0 fully saturated rings. The molecule has 21 heavy (non-hydrogen) atoms. The second kappa shape index (κ2) is 5.66. The van der Waals surface area contributed by atoms with Crippen LogP contribution in [0.5, 0.6) is 0 Å². The molecule has 0 aliphatic rings. The fourth-order valence-electron chi connectivity index (χ4n) is 2.61. The zero-order valence-electron chi connectivity index (χ0n) is 11.5. The monoisotopic (exact) mass is 286 g/mol. The first-order valence-electron chi connectivity index (χ1n) is 6.88. The average molecular weight is 286 g/mol. The summed E-state index contributed by atoms with van der Waals surface area (Å²) in [6, 6.07) is 11.8. The van der Waals surface area contributed by atoms with Crippen molar-refractivity contribution in [3.8, 4) is 0 Å². The molecule has 0 atom stereocenters. The number of nitrogens with two attached hydrogens (primary N) is 1. The second-order valence-electron chi connectivity index (χ2n) is 5.15. The summed E-state index contributed by atoms with van der Waals surface area (Å²) in [5, 5.41) is 1.11. The lowest BCUT2D eigenvalue weighted by Crippen LogP contribution is -2.02. The average Bonchev–Trinajstić information content (AvgIpc) is 2.80. The molecule has 2 aromatic carbocycles. The molecule has 0 saturated heterocycles. The Kier molecular flexibility index (Phi) is 3.71. The highest BCUT2D eigenvalue weighted by atomic mass is 19.1. The van der Waals surface area contributed by atoms with Gasteiger partial charge in [0.2, 0.25) is 0 Å². The van der Waals surface area contributed by atoms with Gasteiger partial charge in [0, 0.05) is 24.3 Å². The Bertz CT molecular complexity index is 757. The number of hydrogen-bond donors (Lipinski definition) is 1. The zero-order chi connectivity index (χ0) is 14.8. The largest absolute Gasteiger partial charge is 0.343 e. The van der Waals surface area contributed by atoms with E-state index in [1.165, 1.54) is 17.7 Å². The second-order valence-corrected chi connectivity index (χ2v) is 5.15. The van der Waals surface area contributed by atoms with Crippen LogP contribution in [0.2, 0.25) is 0 Å². The number of benzene rings is 2. The molecule has 0 aliphatic carbocycles. The number of nitrogens with zero attached hydrogens (tertiary/aromatic N) is 1. The van der Waals surface area contributed by atoms with E-state index in [0.29, 0.717) is 18.7 Å². The van der Waals surface area contributed by atoms with Crippen molar-refractivity contribution in [2.75, 3.05) is 6.54 Å². The first-order chi connectivity index (χ1) is 10.2. The van der Waals surface area contributed by atoms with Gasteiger partial charge in [-0.1, -0.05) is 6.07 Å². The summed E-state index contributed by atoms with van der Waals surface area (Å²) in [7, 11) is 0. The van der Waals surface area contributed by atoms with Gasteiger partial charge in [-0.15, -0.1) is 0 Å². The molecule has 0 bridgehead atoms. The minimum absolute atomic E-state index is 0.439. The van der Waals surface area contributed by atoms with E-state index in [-0.39, 0.29) is 0 Å². The van der Waals surface area contributed by atoms with Crippen LogP contribution in [0.1, 0.15) is 11.1 Å². The molecule has 2 nitrogen and oxygen atoms in total. The van der Waals surface area contributed by atoms with Gasteiger partial charge in [-0.25, -0.2) is 8.78 Å². The topological polar surface area (TPSA) is 30.9 Å². The normalized spacial score (nSPS) is 11.2. The van der Waals surface area contributed by atoms with Gasteiger partial charge in [-0.2, -0.15) is 0 Å². The van der Waals surface area contributed by atoms with Gasteiger partial charge in [0.15, 0.2) is 0 Å². The Morgan fingerprint density at radius 2 is 1.67 bits per heavy atom. The molecule has 0 radical (unpaired) electrons. The summed E-state index contributed by atoms with van der Waals surface area (Å²) in [4.78, 5) is 0. The third-order valence-corrected chi connectivity index (χ3v) is 3.54. The Morgan fingerprint density at radius 1 is 0.905 bits per heavy atom. The van der Waals surface area contributed by atoms with Crippen molar-refractivity contribution >= 4 is 10.9 Å². The lowest BCUT2D eigenvalue weighted by molar-refractivity contribution is 0.578. The van der Waals surface area contributed by atoms with Gasteiger partial charge in [-0.3, -0.25) is 0 Å². The molecule has 0 saturated carbocycles. The summed E-state index contributed by atoms with van der Waals surface area (Å²) >= 11 is 0. The Balaban J connectivity index is 1.93. The zero-order valence-corrected chi connectivity index (χ0v) is 11.5. The fraction of sp³-hybridized carbons (Fsp3) is 0.176. The number of hydrogen-bond acceptors (Lipinski definition) is 1. The van der Waals surface area contributed by atoms with Crippen molar-refractivity contribution < 1.29 is 8.78 Å². The fourth-order valence-corrected chi connectivity index (χ4v) is 2.61. The van der Waals surface area contributed by atoms with E-state index in [4.69, 9.17) is 5.73 Å². The van der Waals surface area contributed by atoms with Gasteiger partial charge < -0.3 is 10.3 Å². The molecular formula is C17H16F2N2. The van der Waals surface area contributed by atoms with Crippen LogP contribution in [0.25, 0.3) is 10.9 Å². The van der Waals surface area contributed by atoms with Crippen molar-refractivity contribution in [2.45, 2.75) is 13.0 Å². The van der Waals surface area contributed by atoms with E-state index in [0.717, 1.165) is 23.4 Å². The molecule has 1 heterocycles. The lowest BCUT2D eigenvalue weighted by atomic mass is 10.1. The first kappa shape index (κ1) is 13.8. The maximum atomic E-state index is 13.2. The van der Waals surface area contributed by atoms with Crippen LogP contribution in [0.3, 0.4) is 0 Å². The lowest BCUT2D eigenvalue weighted by Gasteiger charge is -2.07. The molecular weight excluding hydrogens is 270 g/mol. The van der Waals surface area contributed by atoms with Crippen LogP contribution in [0.15, 0.2) is 48.7 Å². The van der Waals surface area contributed by atoms with Gasteiger partial charge in [0.05, 0.1) is 0 Å². The van der Waals surface area contributed by atoms with E-state index in [9.17, 15) is 8.78 Å². The molecule has 0 unspecified atom stereocenters. The smallest absolute Gasteiger partial charge is 0.126 e. The quantitative estimate of drug-likeness (QED) is 0.782. The van der Waals surface area contributed by atoms with Crippen molar-refractivity contribution in [3.05, 3.63) is 71.4 Å². The van der Waals surface area contributed by atoms with Crippen molar-refractivity contribution in [1.82, 2.24) is 4.57 Å². The van der Waals surface area contributed by atoms with Crippen LogP contribution >= 0.6 is 0 Å². The standard InChI is InChI=1S/C17H16F2N2/c18-15-8-13(9-16(19)10-15)11-21-6-4-14-7-12(3-5-20)1-2-17(14)21/h1-2,4,6-10H,3,5,11,20H2. The van der Waals surface area contributed by atoms with Crippen molar-refractivity contribution in [2.24, 2.45) is 5.73 Å². The van der Waals surface area contributed by atoms with Crippen LogP contribution in [0.4, 0.5) is 8.78 Å².